The van der Waals surface area contributed by atoms with E-state index < -0.39 is 0 Å². The molecular weight excluding hydrogens is 341 g/mol. The first-order chi connectivity index (χ1) is 10.2. The fraction of sp³-hybridized carbons (Fsp3) is 0.294. The summed E-state index contributed by atoms with van der Waals surface area (Å²) in [7, 11) is 0. The zero-order valence-corrected chi connectivity index (χ0v) is 14.3. The molecule has 3 rings (SSSR count). The summed E-state index contributed by atoms with van der Waals surface area (Å²) in [5.74, 6) is 0.478. The van der Waals surface area contributed by atoms with Gasteiger partial charge in [-0.25, -0.2) is 0 Å². The lowest BCUT2D eigenvalue weighted by molar-refractivity contribution is -0.0170. The number of ether oxygens (including phenoxy) is 1. The van der Waals surface area contributed by atoms with E-state index >= 15 is 0 Å². The van der Waals surface area contributed by atoms with Gasteiger partial charge in [-0.15, -0.1) is 12.4 Å². The molecule has 118 valence electrons. The highest BCUT2D eigenvalue weighted by Crippen LogP contribution is 2.33. The van der Waals surface area contributed by atoms with Crippen molar-refractivity contribution in [2.75, 3.05) is 13.1 Å². The van der Waals surface area contributed by atoms with Crippen LogP contribution in [-0.4, -0.2) is 13.1 Å². The van der Waals surface area contributed by atoms with Crippen LogP contribution >= 0.6 is 35.6 Å². The average Bonchev–Trinajstić information content (AvgIpc) is 2.45. The molecule has 1 atom stereocenters. The molecule has 1 fully saturated rings. The second kappa shape index (κ2) is 8.19. The molecule has 2 aromatic carbocycles. The van der Waals surface area contributed by atoms with E-state index in [0.717, 1.165) is 18.7 Å². The molecule has 1 heterocycles. The summed E-state index contributed by atoms with van der Waals surface area (Å²) in [6, 6.07) is 16.0. The maximum Gasteiger partial charge on any atom is 0.0882 e. The van der Waals surface area contributed by atoms with Crippen LogP contribution in [0.2, 0.25) is 10.0 Å². The first-order valence-corrected chi connectivity index (χ1v) is 7.81. The number of hydrogen-bond acceptors (Lipinski definition) is 2. The van der Waals surface area contributed by atoms with E-state index in [0.29, 0.717) is 22.6 Å². The summed E-state index contributed by atoms with van der Waals surface area (Å²) >= 11 is 12.1. The van der Waals surface area contributed by atoms with Crippen LogP contribution in [0.25, 0.3) is 0 Å². The summed E-state index contributed by atoms with van der Waals surface area (Å²) in [4.78, 5) is 0. The fourth-order valence-electron chi connectivity index (χ4n) is 2.48. The van der Waals surface area contributed by atoms with Crippen LogP contribution in [0.3, 0.4) is 0 Å². The monoisotopic (exact) mass is 357 g/mol. The lowest BCUT2D eigenvalue weighted by Gasteiger charge is -2.35. The zero-order chi connectivity index (χ0) is 14.7. The molecule has 2 aromatic rings. The molecule has 0 unspecified atom stereocenters. The van der Waals surface area contributed by atoms with E-state index in [1.807, 2.05) is 36.4 Å². The fourth-order valence-corrected chi connectivity index (χ4v) is 2.79. The Morgan fingerprint density at radius 2 is 1.77 bits per heavy atom. The Morgan fingerprint density at radius 3 is 2.36 bits per heavy atom. The van der Waals surface area contributed by atoms with Gasteiger partial charge >= 0.3 is 0 Å². The van der Waals surface area contributed by atoms with Crippen LogP contribution in [-0.2, 0) is 11.3 Å². The van der Waals surface area contributed by atoms with Crippen molar-refractivity contribution in [3.8, 4) is 0 Å². The lowest BCUT2D eigenvalue weighted by atomic mass is 9.91. The molecule has 5 heteroatoms. The summed E-state index contributed by atoms with van der Waals surface area (Å²) in [6.07, 6.45) is 0.0428. The highest BCUT2D eigenvalue weighted by molar-refractivity contribution is 6.42. The van der Waals surface area contributed by atoms with Crippen molar-refractivity contribution in [1.29, 1.82) is 0 Å². The first kappa shape index (κ1) is 17.6. The first-order valence-electron chi connectivity index (χ1n) is 7.05. The Kier molecular flexibility index (Phi) is 6.54. The van der Waals surface area contributed by atoms with E-state index in [4.69, 9.17) is 27.9 Å². The van der Waals surface area contributed by atoms with Crippen molar-refractivity contribution >= 4 is 35.6 Å². The van der Waals surface area contributed by atoms with E-state index in [2.05, 4.69) is 17.4 Å². The van der Waals surface area contributed by atoms with Gasteiger partial charge in [0.1, 0.15) is 0 Å². The predicted octanol–water partition coefficient (Wildman–Crippen LogP) is 4.89. The molecule has 0 aliphatic carbocycles. The maximum absolute atomic E-state index is 6.17. The van der Waals surface area contributed by atoms with Gasteiger partial charge < -0.3 is 10.1 Å². The van der Waals surface area contributed by atoms with E-state index in [9.17, 15) is 0 Å². The normalized spacial score (nSPS) is 15.7. The molecule has 0 aromatic heterocycles. The Balaban J connectivity index is 0.00000176. The summed E-state index contributed by atoms with van der Waals surface area (Å²) < 4.78 is 6.17. The average molecular weight is 359 g/mol. The van der Waals surface area contributed by atoms with Gasteiger partial charge in [0.25, 0.3) is 0 Å². The van der Waals surface area contributed by atoms with Crippen LogP contribution in [0, 0.1) is 5.92 Å². The van der Waals surface area contributed by atoms with Gasteiger partial charge in [-0.2, -0.15) is 0 Å². The van der Waals surface area contributed by atoms with Crippen molar-refractivity contribution in [2.24, 2.45) is 5.92 Å². The largest absolute Gasteiger partial charge is 0.368 e. The topological polar surface area (TPSA) is 21.3 Å². The quantitative estimate of drug-likeness (QED) is 0.821. The second-order valence-electron chi connectivity index (χ2n) is 5.31. The van der Waals surface area contributed by atoms with Gasteiger partial charge in [-0.3, -0.25) is 0 Å². The van der Waals surface area contributed by atoms with Crippen LogP contribution < -0.4 is 5.32 Å². The molecule has 1 N–H and O–H groups in total. The van der Waals surface area contributed by atoms with Gasteiger partial charge in [0.15, 0.2) is 0 Å². The van der Waals surface area contributed by atoms with Crippen LogP contribution in [0.15, 0.2) is 48.5 Å². The Morgan fingerprint density at radius 1 is 1.05 bits per heavy atom. The molecule has 0 bridgehead atoms. The lowest BCUT2D eigenvalue weighted by Crippen LogP contribution is -2.45. The molecule has 1 aliphatic rings. The maximum atomic E-state index is 6.17. The molecular formula is C17H18Cl3NO. The second-order valence-corrected chi connectivity index (χ2v) is 6.12. The summed E-state index contributed by atoms with van der Waals surface area (Å²) in [6.45, 7) is 2.54. The van der Waals surface area contributed by atoms with Gasteiger partial charge in [0.2, 0.25) is 0 Å². The van der Waals surface area contributed by atoms with E-state index in [-0.39, 0.29) is 18.5 Å². The van der Waals surface area contributed by atoms with Crippen LogP contribution in [0.5, 0.6) is 0 Å². The Bertz CT molecular complexity index is 602. The van der Waals surface area contributed by atoms with Crippen LogP contribution in [0.1, 0.15) is 17.2 Å². The number of hydrogen-bond donors (Lipinski definition) is 1. The van der Waals surface area contributed by atoms with E-state index in [1.54, 1.807) is 0 Å². The zero-order valence-electron chi connectivity index (χ0n) is 12.0. The van der Waals surface area contributed by atoms with Gasteiger partial charge in [-0.05, 0) is 23.3 Å². The third kappa shape index (κ3) is 4.15. The number of halogens is 3. The summed E-state index contributed by atoms with van der Waals surface area (Å²) in [5, 5.41) is 4.45. The standard InChI is InChI=1S/C17H17Cl2NO.ClH/c18-15-7-6-13(8-16(15)19)17(14-9-20-10-14)21-11-12-4-2-1-3-5-12;/h1-8,14,17,20H,9-11H2;1H/t17-;/m0./s1. The molecule has 0 saturated carbocycles. The van der Waals surface area contributed by atoms with Gasteiger partial charge in [0, 0.05) is 19.0 Å². The minimum atomic E-state index is 0. The van der Waals surface area contributed by atoms with E-state index in [1.165, 1.54) is 5.56 Å². The molecule has 0 amide bonds. The van der Waals surface area contributed by atoms with Gasteiger partial charge in [-0.1, -0.05) is 59.6 Å². The minimum Gasteiger partial charge on any atom is -0.368 e. The Labute approximate surface area is 147 Å². The third-order valence-corrected chi connectivity index (χ3v) is 4.52. The smallest absolute Gasteiger partial charge is 0.0882 e. The molecule has 0 radical (unpaired) electrons. The SMILES string of the molecule is Cl.Clc1ccc([C@H](OCc2ccccc2)C2CNC2)cc1Cl. The van der Waals surface area contributed by atoms with Crippen molar-refractivity contribution in [1.82, 2.24) is 5.32 Å². The Hall–Kier alpha value is -0.770. The van der Waals surface area contributed by atoms with Crippen molar-refractivity contribution < 1.29 is 4.74 Å². The van der Waals surface area contributed by atoms with Crippen LogP contribution in [0.4, 0.5) is 0 Å². The predicted molar refractivity (Wildman–Crippen MR) is 94.0 cm³/mol. The van der Waals surface area contributed by atoms with Crippen molar-refractivity contribution in [2.45, 2.75) is 12.7 Å². The third-order valence-electron chi connectivity index (χ3n) is 3.79. The van der Waals surface area contributed by atoms with Gasteiger partial charge in [0.05, 0.1) is 22.8 Å². The molecule has 1 aliphatic heterocycles. The number of benzene rings is 2. The molecule has 1 saturated heterocycles. The van der Waals surface area contributed by atoms with Crippen molar-refractivity contribution in [3.05, 3.63) is 69.7 Å². The molecule has 22 heavy (non-hydrogen) atoms. The number of rotatable bonds is 5. The highest BCUT2D eigenvalue weighted by atomic mass is 35.5. The minimum absolute atomic E-state index is 0. The summed E-state index contributed by atoms with van der Waals surface area (Å²) in [5.41, 5.74) is 2.27. The van der Waals surface area contributed by atoms with Crippen molar-refractivity contribution in [3.63, 3.8) is 0 Å². The molecule has 2 nitrogen and oxygen atoms in total. The highest BCUT2D eigenvalue weighted by Gasteiger charge is 2.29. The number of nitrogens with one attached hydrogen (secondary N) is 1. The molecule has 0 spiro atoms.